The van der Waals surface area contributed by atoms with Crippen LogP contribution in [0, 0.1) is 0 Å². The molecule has 25 heavy (non-hydrogen) atoms. The van der Waals surface area contributed by atoms with Gasteiger partial charge in [-0.25, -0.2) is 4.98 Å². The van der Waals surface area contributed by atoms with Gasteiger partial charge in [-0.05, 0) is 12.8 Å². The molecular weight excluding hydrogens is 303 g/mol. The van der Waals surface area contributed by atoms with Crippen LogP contribution >= 0.6 is 0 Å². The Bertz CT molecular complexity index is 662. The highest BCUT2D eigenvalue weighted by atomic mass is 14.9. The summed E-state index contributed by atoms with van der Waals surface area (Å²) in [5.41, 5.74) is 5.29. The lowest BCUT2D eigenvalue weighted by molar-refractivity contribution is 0.979. The fraction of sp³-hybridized carbons (Fsp3) is 0.318. The molecule has 1 N–H and O–H groups in total. The molecule has 0 fully saturated rings. The molecule has 3 aromatic rings. The number of aromatic nitrogens is 2. The number of imidazole rings is 1. The Morgan fingerprint density at radius 3 is 1.72 bits per heavy atom. The molecule has 0 unspecified atom stereocenters. The number of aromatic amines is 1. The van der Waals surface area contributed by atoms with E-state index >= 15 is 0 Å². The number of aryl methyl sites for hydroxylation is 2. The second-order valence-electron chi connectivity index (χ2n) is 6.58. The number of benzene rings is 2. The first-order valence-electron chi connectivity index (χ1n) is 9.28. The highest BCUT2D eigenvalue weighted by Gasteiger charge is 2.21. The van der Waals surface area contributed by atoms with Crippen LogP contribution in [0.5, 0.6) is 0 Å². The second kappa shape index (κ2) is 9.88. The molecule has 0 saturated heterocycles. The molecule has 1 heterocycles. The van der Waals surface area contributed by atoms with Crippen molar-refractivity contribution in [2.45, 2.75) is 46.4 Å². The van der Waals surface area contributed by atoms with Crippen LogP contribution in [-0.2, 0) is 12.8 Å². The van der Waals surface area contributed by atoms with Crippen LogP contribution in [0.2, 0.25) is 5.82 Å². The summed E-state index contributed by atoms with van der Waals surface area (Å²) in [6.07, 6.45) is 3.85. The normalized spacial score (nSPS) is 10.3. The van der Waals surface area contributed by atoms with Crippen LogP contribution in [0.3, 0.4) is 0 Å². The van der Waals surface area contributed by atoms with E-state index in [0.29, 0.717) is 12.5 Å². The van der Waals surface area contributed by atoms with Gasteiger partial charge in [0.05, 0.1) is 12.0 Å². The van der Waals surface area contributed by atoms with Gasteiger partial charge in [-0.2, -0.15) is 0 Å². The quantitative estimate of drug-likeness (QED) is 0.696. The maximum atomic E-state index is 4.15. The number of H-pyrrole nitrogens is 1. The third kappa shape index (κ3) is 5.35. The van der Waals surface area contributed by atoms with E-state index in [1.165, 1.54) is 22.3 Å². The van der Waals surface area contributed by atoms with E-state index in [2.05, 4.69) is 98.3 Å². The molecular formula is C22H29BN2. The van der Waals surface area contributed by atoms with Crippen molar-refractivity contribution in [2.75, 3.05) is 0 Å². The average Bonchev–Trinajstić information content (AvgIpc) is 3.12. The lowest BCUT2D eigenvalue weighted by Crippen LogP contribution is -2.44. The Morgan fingerprint density at radius 2 is 1.36 bits per heavy atom. The molecule has 0 bridgehead atoms. The van der Waals surface area contributed by atoms with E-state index < -0.39 is 0 Å². The van der Waals surface area contributed by atoms with E-state index in [9.17, 15) is 0 Å². The number of rotatable bonds is 5. The number of nitrogens with zero attached hydrogens (tertiary/aromatic N) is 1. The van der Waals surface area contributed by atoms with Gasteiger partial charge in [0, 0.05) is 5.69 Å². The molecule has 0 aliphatic carbocycles. The van der Waals surface area contributed by atoms with Gasteiger partial charge in [-0.3, -0.25) is 0 Å². The number of hydrogen-bond acceptors (Lipinski definition) is 1. The van der Waals surface area contributed by atoms with Crippen molar-refractivity contribution >= 4 is 17.6 Å². The van der Waals surface area contributed by atoms with Gasteiger partial charge in [-0.1, -0.05) is 105 Å². The molecule has 0 aliphatic heterocycles. The van der Waals surface area contributed by atoms with Crippen LogP contribution < -0.4 is 10.9 Å². The van der Waals surface area contributed by atoms with Crippen molar-refractivity contribution in [1.82, 2.24) is 9.97 Å². The SMILES string of the molecule is CC(C)B(c1ccccc1)c1ccccc1.CCc1nc[nH]c1CC. The van der Waals surface area contributed by atoms with Crippen molar-refractivity contribution in [3.63, 3.8) is 0 Å². The van der Waals surface area contributed by atoms with Crippen LogP contribution in [0.1, 0.15) is 39.1 Å². The van der Waals surface area contributed by atoms with Gasteiger partial charge in [-0.15, -0.1) is 0 Å². The zero-order valence-electron chi connectivity index (χ0n) is 15.9. The highest BCUT2D eigenvalue weighted by Crippen LogP contribution is 2.08. The van der Waals surface area contributed by atoms with Crippen molar-refractivity contribution < 1.29 is 0 Å². The number of hydrogen-bond donors (Lipinski definition) is 1. The molecule has 2 aromatic carbocycles. The summed E-state index contributed by atoms with van der Waals surface area (Å²) in [5.74, 6) is 0.616. The molecule has 3 rings (SSSR count). The zero-order chi connectivity index (χ0) is 18.1. The Kier molecular flexibility index (Phi) is 7.52. The largest absolute Gasteiger partial charge is 0.348 e. The summed E-state index contributed by atoms with van der Waals surface area (Å²) >= 11 is 0. The molecule has 0 atom stereocenters. The maximum absolute atomic E-state index is 4.15. The summed E-state index contributed by atoms with van der Waals surface area (Å²) in [6.45, 7) is 9.32. The minimum atomic E-state index is 0.502. The Hall–Kier alpha value is -2.29. The van der Waals surface area contributed by atoms with Gasteiger partial charge in [0.2, 0.25) is 6.71 Å². The number of nitrogens with one attached hydrogen (secondary N) is 1. The first-order chi connectivity index (χ1) is 12.2. The van der Waals surface area contributed by atoms with E-state index in [1.54, 1.807) is 6.33 Å². The molecule has 0 saturated carbocycles. The third-order valence-electron chi connectivity index (χ3n) is 4.48. The van der Waals surface area contributed by atoms with Crippen molar-refractivity contribution in [3.05, 3.63) is 78.4 Å². The van der Waals surface area contributed by atoms with Crippen LogP contribution in [0.15, 0.2) is 67.0 Å². The average molecular weight is 332 g/mol. The molecule has 130 valence electrons. The predicted molar refractivity (Wildman–Crippen MR) is 110 cm³/mol. The summed E-state index contributed by atoms with van der Waals surface area (Å²) in [7, 11) is 0. The smallest absolute Gasteiger partial charge is 0.211 e. The first kappa shape index (κ1) is 19.0. The predicted octanol–water partition coefficient (Wildman–Crippen LogP) is 4.24. The van der Waals surface area contributed by atoms with Crippen molar-refractivity contribution in [1.29, 1.82) is 0 Å². The Labute approximate surface area is 152 Å². The molecule has 1 aromatic heterocycles. The van der Waals surface area contributed by atoms with Gasteiger partial charge in [0.15, 0.2) is 0 Å². The minimum absolute atomic E-state index is 0.502. The maximum Gasteiger partial charge on any atom is 0.211 e. The fourth-order valence-electron chi connectivity index (χ4n) is 3.24. The molecule has 2 nitrogen and oxygen atoms in total. The van der Waals surface area contributed by atoms with Gasteiger partial charge in [0.1, 0.15) is 0 Å². The van der Waals surface area contributed by atoms with Gasteiger partial charge in [0.25, 0.3) is 0 Å². The first-order valence-corrected chi connectivity index (χ1v) is 9.28. The van der Waals surface area contributed by atoms with Crippen LogP contribution in [0.4, 0.5) is 0 Å². The molecule has 0 aliphatic rings. The molecule has 0 spiro atoms. The lowest BCUT2D eigenvalue weighted by atomic mass is 9.34. The van der Waals surface area contributed by atoms with Gasteiger partial charge < -0.3 is 4.98 Å². The Balaban J connectivity index is 0.000000212. The summed E-state index contributed by atoms with van der Waals surface area (Å²) < 4.78 is 0. The standard InChI is InChI=1S/C15H17B.C7H12N2/c1-13(2)16(14-9-5-3-6-10-14)15-11-7-4-8-12-15;1-3-6-7(4-2)9-5-8-6/h3-13H,1-2H3;5H,3-4H2,1-2H3,(H,8,9). The molecule has 3 heteroatoms. The highest BCUT2D eigenvalue weighted by molar-refractivity contribution is 6.86. The van der Waals surface area contributed by atoms with Crippen molar-refractivity contribution in [2.24, 2.45) is 0 Å². The second-order valence-corrected chi connectivity index (χ2v) is 6.58. The van der Waals surface area contributed by atoms with Gasteiger partial charge >= 0.3 is 0 Å². The Morgan fingerprint density at radius 1 is 0.840 bits per heavy atom. The fourth-order valence-corrected chi connectivity index (χ4v) is 3.24. The topological polar surface area (TPSA) is 28.7 Å². The monoisotopic (exact) mass is 332 g/mol. The summed E-state index contributed by atoms with van der Waals surface area (Å²) in [4.78, 5) is 7.25. The molecule has 0 amide bonds. The summed E-state index contributed by atoms with van der Waals surface area (Å²) in [6, 6.07) is 21.5. The van der Waals surface area contributed by atoms with E-state index in [0.717, 1.165) is 12.8 Å². The zero-order valence-corrected chi connectivity index (χ0v) is 15.9. The van der Waals surface area contributed by atoms with Crippen LogP contribution in [0.25, 0.3) is 0 Å². The van der Waals surface area contributed by atoms with E-state index in [-0.39, 0.29) is 0 Å². The molecule has 0 radical (unpaired) electrons. The minimum Gasteiger partial charge on any atom is -0.348 e. The lowest BCUT2D eigenvalue weighted by Gasteiger charge is -2.18. The van der Waals surface area contributed by atoms with E-state index in [1.807, 2.05) is 0 Å². The third-order valence-corrected chi connectivity index (χ3v) is 4.48. The summed E-state index contributed by atoms with van der Waals surface area (Å²) in [5, 5.41) is 0. The van der Waals surface area contributed by atoms with Crippen LogP contribution in [-0.4, -0.2) is 16.7 Å². The van der Waals surface area contributed by atoms with Crippen molar-refractivity contribution in [3.8, 4) is 0 Å². The van der Waals surface area contributed by atoms with E-state index in [4.69, 9.17) is 0 Å².